The summed E-state index contributed by atoms with van der Waals surface area (Å²) in [6.45, 7) is -0.329. The molecule has 0 aliphatic heterocycles. The number of nitrogens with zero attached hydrogens (tertiary/aromatic N) is 1. The van der Waals surface area contributed by atoms with Gasteiger partial charge in [0.05, 0.1) is 18.2 Å². The maximum atomic E-state index is 12.6. The molecule has 5 nitrogen and oxygen atoms in total. The summed E-state index contributed by atoms with van der Waals surface area (Å²) in [5.74, 6) is 0.356. The molecule has 0 heterocycles. The van der Waals surface area contributed by atoms with Gasteiger partial charge >= 0.3 is 12.8 Å². The molecule has 2 aromatic carbocycles. The Morgan fingerprint density at radius 2 is 1.67 bits per heavy atom. The van der Waals surface area contributed by atoms with Gasteiger partial charge in [-0.2, -0.15) is 22.0 Å². The number of aliphatic hydroxyl groups is 1. The van der Waals surface area contributed by atoms with Crippen LogP contribution in [0.1, 0.15) is 29.7 Å². The molecule has 164 valence electrons. The molecule has 0 spiro atoms. The second-order valence-electron chi connectivity index (χ2n) is 6.23. The van der Waals surface area contributed by atoms with Gasteiger partial charge in [-0.1, -0.05) is 24.3 Å². The van der Waals surface area contributed by atoms with E-state index in [2.05, 4.69) is 20.4 Å². The van der Waals surface area contributed by atoms with E-state index in [0.717, 1.165) is 12.1 Å². The largest absolute Gasteiger partial charge is 0.435 e. The Morgan fingerprint density at radius 1 is 1.03 bits per heavy atom. The lowest BCUT2D eigenvalue weighted by Crippen LogP contribution is -2.39. The lowest BCUT2D eigenvalue weighted by atomic mass is 10.1. The van der Waals surface area contributed by atoms with Crippen molar-refractivity contribution in [1.29, 1.82) is 0 Å². The predicted molar refractivity (Wildman–Crippen MR) is 102 cm³/mol. The molecule has 30 heavy (non-hydrogen) atoms. The van der Waals surface area contributed by atoms with Crippen LogP contribution < -0.4 is 15.4 Å². The van der Waals surface area contributed by atoms with Crippen molar-refractivity contribution in [2.75, 3.05) is 13.1 Å². The van der Waals surface area contributed by atoms with Crippen LogP contribution in [0, 0.1) is 0 Å². The van der Waals surface area contributed by atoms with Crippen LogP contribution in [0.5, 0.6) is 5.75 Å². The molecular formula is C20H22F5N3O2. The number of nitrogens with one attached hydrogen (secondary N) is 2. The Hall–Kier alpha value is -2.88. The van der Waals surface area contributed by atoms with Crippen molar-refractivity contribution in [2.45, 2.75) is 32.4 Å². The molecule has 0 aromatic heterocycles. The van der Waals surface area contributed by atoms with E-state index in [1.165, 1.54) is 36.4 Å². The van der Waals surface area contributed by atoms with Gasteiger partial charge in [-0.25, -0.2) is 4.99 Å². The van der Waals surface area contributed by atoms with Crippen LogP contribution in [0.25, 0.3) is 0 Å². The number of rotatable bonds is 8. The third-order valence-electron chi connectivity index (χ3n) is 4.00. The van der Waals surface area contributed by atoms with Crippen molar-refractivity contribution in [3.63, 3.8) is 0 Å². The van der Waals surface area contributed by atoms with Crippen molar-refractivity contribution in [1.82, 2.24) is 10.6 Å². The average molecular weight is 431 g/mol. The summed E-state index contributed by atoms with van der Waals surface area (Å²) < 4.78 is 66.5. The minimum atomic E-state index is -4.39. The van der Waals surface area contributed by atoms with E-state index in [0.29, 0.717) is 23.6 Å². The number of ether oxygens (including phenoxy) is 1. The normalized spacial score (nSPS) is 13.3. The van der Waals surface area contributed by atoms with Crippen molar-refractivity contribution in [2.24, 2.45) is 4.99 Å². The topological polar surface area (TPSA) is 65.9 Å². The van der Waals surface area contributed by atoms with Gasteiger partial charge in [-0.05, 0) is 42.3 Å². The summed E-state index contributed by atoms with van der Waals surface area (Å²) in [5.41, 5.74) is 0.353. The molecule has 10 heteroatoms. The molecule has 1 unspecified atom stereocenters. The zero-order valence-corrected chi connectivity index (χ0v) is 16.1. The number of aliphatic imine (C=N–C) groups is 1. The standard InChI is InChI=1S/C20H22F5N3O2/c1-2-26-19(27-11-13-3-7-15(8-4-13)20(23,24)25)28-12-17(29)14-5-9-16(10-6-14)30-18(21)22/h3-10,17-18,29H,2,11-12H2,1H3,(H2,26,27,28). The second kappa shape index (κ2) is 10.8. The maximum Gasteiger partial charge on any atom is 0.416 e. The van der Waals surface area contributed by atoms with Crippen LogP contribution in [-0.4, -0.2) is 30.8 Å². The van der Waals surface area contributed by atoms with Crippen LogP contribution in [0.2, 0.25) is 0 Å². The molecule has 1 atom stereocenters. The number of aliphatic hydroxyl groups excluding tert-OH is 1. The highest BCUT2D eigenvalue weighted by molar-refractivity contribution is 5.79. The van der Waals surface area contributed by atoms with Crippen molar-refractivity contribution >= 4 is 5.96 Å². The molecule has 2 rings (SSSR count). The molecule has 0 saturated heterocycles. The molecule has 0 bridgehead atoms. The van der Waals surface area contributed by atoms with E-state index in [-0.39, 0.29) is 18.8 Å². The molecule has 2 aromatic rings. The Balaban J connectivity index is 1.94. The van der Waals surface area contributed by atoms with Crippen molar-refractivity contribution in [3.05, 3.63) is 65.2 Å². The first-order chi connectivity index (χ1) is 14.2. The first-order valence-corrected chi connectivity index (χ1v) is 9.10. The van der Waals surface area contributed by atoms with Crippen LogP contribution in [0.15, 0.2) is 53.5 Å². The van der Waals surface area contributed by atoms with E-state index in [1.54, 1.807) is 0 Å². The van der Waals surface area contributed by atoms with Gasteiger partial charge in [0.25, 0.3) is 0 Å². The summed E-state index contributed by atoms with van der Waals surface area (Å²) in [6, 6.07) is 10.3. The zero-order chi connectivity index (χ0) is 22.1. The molecule has 0 aliphatic rings. The molecule has 3 N–H and O–H groups in total. The van der Waals surface area contributed by atoms with Gasteiger partial charge in [0, 0.05) is 13.1 Å². The van der Waals surface area contributed by atoms with Gasteiger partial charge in [-0.15, -0.1) is 0 Å². The van der Waals surface area contributed by atoms with E-state index >= 15 is 0 Å². The number of halogens is 5. The highest BCUT2D eigenvalue weighted by Gasteiger charge is 2.29. The SMILES string of the molecule is CCNC(=NCc1ccc(C(F)(F)F)cc1)NCC(O)c1ccc(OC(F)F)cc1. The zero-order valence-electron chi connectivity index (χ0n) is 16.1. The van der Waals surface area contributed by atoms with E-state index in [9.17, 15) is 27.1 Å². The molecule has 0 amide bonds. The fraction of sp³-hybridized carbons (Fsp3) is 0.350. The number of guanidine groups is 1. The lowest BCUT2D eigenvalue weighted by Gasteiger charge is -2.16. The van der Waals surface area contributed by atoms with Gasteiger partial charge < -0.3 is 20.5 Å². The summed E-state index contributed by atoms with van der Waals surface area (Å²) in [6.07, 6.45) is -5.33. The molecule has 0 fully saturated rings. The second-order valence-corrected chi connectivity index (χ2v) is 6.23. The number of hydrogen-bond donors (Lipinski definition) is 3. The lowest BCUT2D eigenvalue weighted by molar-refractivity contribution is -0.137. The molecular weight excluding hydrogens is 409 g/mol. The summed E-state index contributed by atoms with van der Waals surface area (Å²) in [7, 11) is 0. The first-order valence-electron chi connectivity index (χ1n) is 9.10. The Bertz CT molecular complexity index is 809. The summed E-state index contributed by atoms with van der Waals surface area (Å²) in [5, 5.41) is 16.2. The van der Waals surface area contributed by atoms with E-state index in [4.69, 9.17) is 0 Å². The molecule has 0 aliphatic carbocycles. The highest BCUT2D eigenvalue weighted by Crippen LogP contribution is 2.29. The summed E-state index contributed by atoms with van der Waals surface area (Å²) in [4.78, 5) is 4.29. The fourth-order valence-electron chi connectivity index (χ4n) is 2.49. The third kappa shape index (κ3) is 7.51. The summed E-state index contributed by atoms with van der Waals surface area (Å²) >= 11 is 0. The van der Waals surface area contributed by atoms with Crippen LogP contribution in [0.4, 0.5) is 22.0 Å². The predicted octanol–water partition coefficient (Wildman–Crippen LogP) is 4.10. The Kier molecular flexibility index (Phi) is 8.40. The van der Waals surface area contributed by atoms with Gasteiger partial charge in [-0.3, -0.25) is 0 Å². The third-order valence-corrected chi connectivity index (χ3v) is 4.00. The minimum absolute atomic E-state index is 0.0136. The Labute approximate surface area is 170 Å². The van der Waals surface area contributed by atoms with Gasteiger partial charge in [0.2, 0.25) is 0 Å². The molecule has 0 radical (unpaired) electrons. The molecule has 0 saturated carbocycles. The number of benzene rings is 2. The van der Waals surface area contributed by atoms with E-state index < -0.39 is 24.5 Å². The first kappa shape index (κ1) is 23.4. The van der Waals surface area contributed by atoms with Crippen molar-refractivity contribution < 1.29 is 31.8 Å². The van der Waals surface area contributed by atoms with Crippen LogP contribution in [0.3, 0.4) is 0 Å². The highest BCUT2D eigenvalue weighted by atomic mass is 19.4. The van der Waals surface area contributed by atoms with Crippen LogP contribution >= 0.6 is 0 Å². The van der Waals surface area contributed by atoms with Crippen molar-refractivity contribution in [3.8, 4) is 5.75 Å². The average Bonchev–Trinajstić information content (AvgIpc) is 2.69. The fourth-order valence-corrected chi connectivity index (χ4v) is 2.49. The smallest absolute Gasteiger partial charge is 0.416 e. The minimum Gasteiger partial charge on any atom is -0.435 e. The number of alkyl halides is 5. The monoisotopic (exact) mass is 431 g/mol. The van der Waals surface area contributed by atoms with E-state index in [1.807, 2.05) is 6.92 Å². The number of hydrogen-bond acceptors (Lipinski definition) is 3. The maximum absolute atomic E-state index is 12.6. The van der Waals surface area contributed by atoms with Crippen LogP contribution in [-0.2, 0) is 12.7 Å². The quantitative estimate of drug-likeness (QED) is 0.335. The van der Waals surface area contributed by atoms with Gasteiger partial charge in [0.1, 0.15) is 5.75 Å². The Morgan fingerprint density at radius 3 is 2.20 bits per heavy atom. The van der Waals surface area contributed by atoms with Gasteiger partial charge in [0.15, 0.2) is 5.96 Å².